The molecular formula is C13H11ClO2S. The summed E-state index contributed by atoms with van der Waals surface area (Å²) in [5.74, 6) is 0. The Balaban J connectivity index is 2.58. The number of halogens is 1. The maximum Gasteiger partial charge on any atom is 0.206 e. The minimum Gasteiger partial charge on any atom is -0.219 e. The molecule has 0 aliphatic rings. The van der Waals surface area contributed by atoms with E-state index in [-0.39, 0.29) is 4.90 Å². The van der Waals surface area contributed by atoms with Crippen LogP contribution in [0.5, 0.6) is 0 Å². The summed E-state index contributed by atoms with van der Waals surface area (Å²) in [5, 5.41) is 0.522. The van der Waals surface area contributed by atoms with E-state index in [0.29, 0.717) is 9.92 Å². The lowest BCUT2D eigenvalue weighted by Crippen LogP contribution is -2.03. The van der Waals surface area contributed by atoms with Gasteiger partial charge in [-0.1, -0.05) is 29.8 Å². The maximum absolute atomic E-state index is 12.3. The van der Waals surface area contributed by atoms with Crippen LogP contribution in [0.25, 0.3) is 0 Å². The normalized spacial score (nSPS) is 11.4. The minimum atomic E-state index is -3.45. The van der Waals surface area contributed by atoms with Gasteiger partial charge in [-0.15, -0.1) is 0 Å². The van der Waals surface area contributed by atoms with Gasteiger partial charge in [0.15, 0.2) is 0 Å². The molecule has 2 aromatic rings. The Morgan fingerprint density at radius 3 is 2.12 bits per heavy atom. The van der Waals surface area contributed by atoms with Gasteiger partial charge in [0.05, 0.1) is 9.79 Å². The highest BCUT2D eigenvalue weighted by Gasteiger charge is 2.18. The first-order valence-electron chi connectivity index (χ1n) is 5.08. The van der Waals surface area contributed by atoms with Gasteiger partial charge in [0.25, 0.3) is 0 Å². The van der Waals surface area contributed by atoms with Crippen molar-refractivity contribution in [3.8, 4) is 0 Å². The Kier molecular flexibility index (Phi) is 3.22. The van der Waals surface area contributed by atoms with Gasteiger partial charge in [-0.05, 0) is 42.8 Å². The molecule has 0 saturated heterocycles. The van der Waals surface area contributed by atoms with Crippen LogP contribution in [0.3, 0.4) is 0 Å². The van der Waals surface area contributed by atoms with Crippen LogP contribution in [0.2, 0.25) is 5.02 Å². The van der Waals surface area contributed by atoms with E-state index in [4.69, 9.17) is 11.6 Å². The standard InChI is InChI=1S/C13H11ClO2S/c1-10-4-2-3-5-13(10)17(15,16)12-8-6-11(14)7-9-12/h2-9H,1H3. The lowest BCUT2D eigenvalue weighted by Gasteiger charge is -2.07. The van der Waals surface area contributed by atoms with Crippen molar-refractivity contribution in [2.75, 3.05) is 0 Å². The van der Waals surface area contributed by atoms with E-state index in [2.05, 4.69) is 0 Å². The first-order valence-corrected chi connectivity index (χ1v) is 6.94. The summed E-state index contributed by atoms with van der Waals surface area (Å²) < 4.78 is 24.6. The van der Waals surface area contributed by atoms with Gasteiger partial charge in [-0.25, -0.2) is 8.42 Å². The SMILES string of the molecule is Cc1ccccc1S(=O)(=O)c1ccc(Cl)cc1. The predicted molar refractivity (Wildman–Crippen MR) is 68.1 cm³/mol. The number of sulfone groups is 1. The molecular weight excluding hydrogens is 256 g/mol. The molecule has 0 atom stereocenters. The van der Waals surface area contributed by atoms with E-state index < -0.39 is 9.84 Å². The summed E-state index contributed by atoms with van der Waals surface area (Å²) in [6.45, 7) is 1.78. The van der Waals surface area contributed by atoms with Gasteiger partial charge >= 0.3 is 0 Å². The highest BCUT2D eigenvalue weighted by atomic mass is 35.5. The lowest BCUT2D eigenvalue weighted by molar-refractivity contribution is 0.595. The average molecular weight is 267 g/mol. The summed E-state index contributed by atoms with van der Waals surface area (Å²) >= 11 is 5.74. The predicted octanol–water partition coefficient (Wildman–Crippen LogP) is 3.48. The van der Waals surface area contributed by atoms with Crippen molar-refractivity contribution in [3.05, 3.63) is 59.1 Å². The second-order valence-electron chi connectivity index (χ2n) is 3.72. The molecule has 4 heteroatoms. The van der Waals surface area contributed by atoms with Crippen LogP contribution in [0.1, 0.15) is 5.56 Å². The van der Waals surface area contributed by atoms with Crippen molar-refractivity contribution in [1.29, 1.82) is 0 Å². The fourth-order valence-corrected chi connectivity index (χ4v) is 3.22. The zero-order chi connectivity index (χ0) is 12.5. The third-order valence-corrected chi connectivity index (χ3v) is 4.69. The first-order chi connectivity index (χ1) is 8.01. The lowest BCUT2D eigenvalue weighted by atomic mass is 10.2. The maximum atomic E-state index is 12.3. The van der Waals surface area contributed by atoms with Gasteiger partial charge < -0.3 is 0 Å². The van der Waals surface area contributed by atoms with Crippen molar-refractivity contribution in [2.24, 2.45) is 0 Å². The summed E-state index contributed by atoms with van der Waals surface area (Å²) in [7, 11) is -3.45. The van der Waals surface area contributed by atoms with Gasteiger partial charge in [0.2, 0.25) is 9.84 Å². The Morgan fingerprint density at radius 1 is 0.941 bits per heavy atom. The van der Waals surface area contributed by atoms with Crippen LogP contribution in [0, 0.1) is 6.92 Å². The fraction of sp³-hybridized carbons (Fsp3) is 0.0769. The third-order valence-electron chi connectivity index (χ3n) is 2.51. The molecule has 88 valence electrons. The molecule has 2 nitrogen and oxygen atoms in total. The van der Waals surface area contributed by atoms with E-state index in [0.717, 1.165) is 5.56 Å². The molecule has 0 spiro atoms. The molecule has 0 aliphatic carbocycles. The topological polar surface area (TPSA) is 34.1 Å². The molecule has 0 radical (unpaired) electrons. The van der Waals surface area contributed by atoms with Crippen LogP contribution in [-0.2, 0) is 9.84 Å². The first kappa shape index (κ1) is 12.1. The van der Waals surface area contributed by atoms with Crippen molar-refractivity contribution in [1.82, 2.24) is 0 Å². The highest BCUT2D eigenvalue weighted by molar-refractivity contribution is 7.91. The van der Waals surface area contributed by atoms with E-state index in [1.54, 1.807) is 37.3 Å². The molecule has 0 fully saturated rings. The Morgan fingerprint density at radius 2 is 1.53 bits per heavy atom. The van der Waals surface area contributed by atoms with Crippen molar-refractivity contribution >= 4 is 21.4 Å². The van der Waals surface area contributed by atoms with Crippen LogP contribution in [0.4, 0.5) is 0 Å². The molecule has 0 saturated carbocycles. The van der Waals surface area contributed by atoms with Gasteiger partial charge in [-0.3, -0.25) is 0 Å². The van der Waals surface area contributed by atoms with E-state index >= 15 is 0 Å². The Hall–Kier alpha value is -1.32. The average Bonchev–Trinajstić information content (AvgIpc) is 2.30. The molecule has 0 bridgehead atoms. The van der Waals surface area contributed by atoms with Crippen molar-refractivity contribution in [2.45, 2.75) is 16.7 Å². The van der Waals surface area contributed by atoms with E-state index in [9.17, 15) is 8.42 Å². The summed E-state index contributed by atoms with van der Waals surface area (Å²) in [6, 6.07) is 13.1. The van der Waals surface area contributed by atoms with Crippen molar-refractivity contribution in [3.63, 3.8) is 0 Å². The minimum absolute atomic E-state index is 0.260. The zero-order valence-electron chi connectivity index (χ0n) is 9.22. The highest BCUT2D eigenvalue weighted by Crippen LogP contribution is 2.24. The quantitative estimate of drug-likeness (QED) is 0.834. The molecule has 2 aromatic carbocycles. The zero-order valence-corrected chi connectivity index (χ0v) is 10.8. The Labute approximate surface area is 106 Å². The molecule has 0 aliphatic heterocycles. The van der Waals surface area contributed by atoms with Crippen LogP contribution >= 0.6 is 11.6 Å². The van der Waals surface area contributed by atoms with Gasteiger partial charge in [-0.2, -0.15) is 0 Å². The van der Waals surface area contributed by atoms with Crippen LogP contribution in [0.15, 0.2) is 58.3 Å². The number of rotatable bonds is 2. The van der Waals surface area contributed by atoms with E-state index in [1.165, 1.54) is 12.1 Å². The molecule has 0 unspecified atom stereocenters. The summed E-state index contributed by atoms with van der Waals surface area (Å²) in [5.41, 5.74) is 0.738. The molecule has 0 amide bonds. The van der Waals surface area contributed by atoms with Gasteiger partial charge in [0.1, 0.15) is 0 Å². The monoisotopic (exact) mass is 266 g/mol. The molecule has 17 heavy (non-hydrogen) atoms. The largest absolute Gasteiger partial charge is 0.219 e. The Bertz CT molecular complexity index is 631. The molecule has 0 heterocycles. The number of hydrogen-bond donors (Lipinski definition) is 0. The summed E-state index contributed by atoms with van der Waals surface area (Å²) in [6.07, 6.45) is 0. The fourth-order valence-electron chi connectivity index (χ4n) is 1.60. The van der Waals surface area contributed by atoms with Gasteiger partial charge in [0, 0.05) is 5.02 Å². The smallest absolute Gasteiger partial charge is 0.206 e. The molecule has 2 rings (SSSR count). The number of hydrogen-bond acceptors (Lipinski definition) is 2. The van der Waals surface area contributed by atoms with Crippen LogP contribution in [-0.4, -0.2) is 8.42 Å². The van der Waals surface area contributed by atoms with Crippen molar-refractivity contribution < 1.29 is 8.42 Å². The third kappa shape index (κ3) is 2.35. The van der Waals surface area contributed by atoms with Crippen LogP contribution < -0.4 is 0 Å². The number of benzene rings is 2. The molecule has 0 N–H and O–H groups in total. The number of aryl methyl sites for hydroxylation is 1. The van der Waals surface area contributed by atoms with E-state index in [1.807, 2.05) is 6.07 Å². The molecule has 0 aromatic heterocycles. The summed E-state index contributed by atoms with van der Waals surface area (Å²) in [4.78, 5) is 0.596. The second kappa shape index (κ2) is 4.51. The second-order valence-corrected chi connectivity index (χ2v) is 6.08.